The summed E-state index contributed by atoms with van der Waals surface area (Å²) in [6, 6.07) is 5.75. The van der Waals surface area contributed by atoms with Crippen LogP contribution in [0.25, 0.3) is 0 Å². The van der Waals surface area contributed by atoms with Crippen LogP contribution in [0.15, 0.2) is 22.7 Å². The summed E-state index contributed by atoms with van der Waals surface area (Å²) in [5.41, 5.74) is 3.19. The number of rotatable bonds is 4. The van der Waals surface area contributed by atoms with Crippen LogP contribution in [-0.4, -0.2) is 54.7 Å². The highest BCUT2D eigenvalue weighted by molar-refractivity contribution is 5.92. The minimum absolute atomic E-state index is 0.128. The Balaban J connectivity index is 1.78. The molecule has 2 aromatic rings. The second-order valence-electron chi connectivity index (χ2n) is 6.43. The van der Waals surface area contributed by atoms with Crippen LogP contribution in [0.2, 0.25) is 0 Å². The lowest BCUT2D eigenvalue weighted by Gasteiger charge is -2.32. The van der Waals surface area contributed by atoms with Gasteiger partial charge >= 0.3 is 0 Å². The van der Waals surface area contributed by atoms with E-state index < -0.39 is 0 Å². The molecule has 0 N–H and O–H groups in total. The average Bonchev–Trinajstić information content (AvgIpc) is 3.10. The number of amides is 1. The fourth-order valence-electron chi connectivity index (χ4n) is 2.85. The molecule has 134 valence electrons. The van der Waals surface area contributed by atoms with Gasteiger partial charge in [0.05, 0.1) is 18.8 Å². The summed E-state index contributed by atoms with van der Waals surface area (Å²) < 4.78 is 11.0. The van der Waals surface area contributed by atoms with Crippen LogP contribution in [-0.2, 0) is 11.2 Å². The molecular formula is C18H24N4O3. The number of morpholine rings is 1. The SMILES string of the molecule is CCc1cc(C(=O)N2CCO[C@@H](c3cc(N(C)C)cc(C)n3)C2)no1. The normalized spacial score (nSPS) is 17.6. The highest BCUT2D eigenvalue weighted by Crippen LogP contribution is 2.25. The van der Waals surface area contributed by atoms with E-state index in [1.807, 2.05) is 45.0 Å². The number of nitrogens with zero attached hydrogens (tertiary/aromatic N) is 4. The van der Waals surface area contributed by atoms with E-state index in [0.717, 1.165) is 17.1 Å². The van der Waals surface area contributed by atoms with Gasteiger partial charge in [0.25, 0.3) is 5.91 Å². The molecule has 0 unspecified atom stereocenters. The predicted octanol–water partition coefficient (Wildman–Crippen LogP) is 2.22. The van der Waals surface area contributed by atoms with E-state index in [-0.39, 0.29) is 12.0 Å². The highest BCUT2D eigenvalue weighted by atomic mass is 16.5. The summed E-state index contributed by atoms with van der Waals surface area (Å²) in [5, 5.41) is 3.88. The minimum Gasteiger partial charge on any atom is -0.378 e. The quantitative estimate of drug-likeness (QED) is 0.847. The first kappa shape index (κ1) is 17.4. The van der Waals surface area contributed by atoms with Crippen molar-refractivity contribution in [2.24, 2.45) is 0 Å². The van der Waals surface area contributed by atoms with Crippen LogP contribution in [0.1, 0.15) is 40.7 Å². The Hall–Kier alpha value is -2.41. The molecule has 1 fully saturated rings. The van der Waals surface area contributed by atoms with Crippen LogP contribution < -0.4 is 4.90 Å². The number of anilines is 1. The second-order valence-corrected chi connectivity index (χ2v) is 6.43. The number of aromatic nitrogens is 2. The fourth-order valence-corrected chi connectivity index (χ4v) is 2.85. The first-order chi connectivity index (χ1) is 12.0. The number of pyridine rings is 1. The van der Waals surface area contributed by atoms with Gasteiger partial charge < -0.3 is 19.1 Å². The van der Waals surface area contributed by atoms with Crippen LogP contribution >= 0.6 is 0 Å². The predicted molar refractivity (Wildman–Crippen MR) is 93.8 cm³/mol. The second kappa shape index (κ2) is 7.23. The largest absolute Gasteiger partial charge is 0.378 e. The molecule has 7 nitrogen and oxygen atoms in total. The zero-order chi connectivity index (χ0) is 18.0. The maximum atomic E-state index is 12.7. The standard InChI is InChI=1S/C18H24N4O3/c1-5-14-10-16(20-25-14)18(23)22-6-7-24-17(11-22)15-9-13(21(3)4)8-12(2)19-15/h8-10,17H,5-7,11H2,1-4H3/t17-/m1/s1. The maximum Gasteiger partial charge on any atom is 0.276 e. The lowest BCUT2D eigenvalue weighted by molar-refractivity contribution is -0.0250. The van der Waals surface area contributed by atoms with E-state index in [2.05, 4.69) is 10.1 Å². The van der Waals surface area contributed by atoms with Gasteiger partial charge in [-0.3, -0.25) is 9.78 Å². The van der Waals surface area contributed by atoms with Crippen molar-refractivity contribution in [3.8, 4) is 0 Å². The molecule has 25 heavy (non-hydrogen) atoms. The first-order valence-corrected chi connectivity index (χ1v) is 8.50. The molecule has 1 aliphatic heterocycles. The molecule has 7 heteroatoms. The molecule has 3 heterocycles. The molecule has 1 aliphatic rings. The monoisotopic (exact) mass is 344 g/mol. The van der Waals surface area contributed by atoms with Gasteiger partial charge in [0.1, 0.15) is 11.9 Å². The third kappa shape index (κ3) is 3.82. The summed E-state index contributed by atoms with van der Waals surface area (Å²) in [7, 11) is 3.98. The van der Waals surface area contributed by atoms with Crippen molar-refractivity contribution in [3.63, 3.8) is 0 Å². The number of carbonyl (C=O) groups is 1. The molecule has 2 aromatic heterocycles. The Morgan fingerprint density at radius 2 is 2.16 bits per heavy atom. The van der Waals surface area contributed by atoms with Crippen LogP contribution in [0, 0.1) is 6.92 Å². The van der Waals surface area contributed by atoms with Crippen molar-refractivity contribution in [2.75, 3.05) is 38.7 Å². The maximum absolute atomic E-state index is 12.7. The molecule has 1 atom stereocenters. The Morgan fingerprint density at radius 3 is 2.84 bits per heavy atom. The van der Waals surface area contributed by atoms with Crippen LogP contribution in [0.5, 0.6) is 0 Å². The number of hydrogen-bond acceptors (Lipinski definition) is 6. The van der Waals surface area contributed by atoms with E-state index in [1.54, 1.807) is 11.0 Å². The minimum atomic E-state index is -0.242. The van der Waals surface area contributed by atoms with Crippen molar-refractivity contribution in [1.82, 2.24) is 15.0 Å². The molecular weight excluding hydrogens is 320 g/mol. The molecule has 0 saturated carbocycles. The third-order valence-electron chi connectivity index (χ3n) is 4.28. The van der Waals surface area contributed by atoms with Crippen molar-refractivity contribution >= 4 is 11.6 Å². The van der Waals surface area contributed by atoms with Crippen LogP contribution in [0.3, 0.4) is 0 Å². The summed E-state index contributed by atoms with van der Waals surface area (Å²) in [5.74, 6) is 0.585. The molecule has 0 bridgehead atoms. The average molecular weight is 344 g/mol. The molecule has 0 spiro atoms. The summed E-state index contributed by atoms with van der Waals surface area (Å²) in [6.45, 7) is 5.39. The lowest BCUT2D eigenvalue weighted by Crippen LogP contribution is -2.42. The van der Waals surface area contributed by atoms with E-state index >= 15 is 0 Å². The molecule has 0 radical (unpaired) electrons. The van der Waals surface area contributed by atoms with Crippen LogP contribution in [0.4, 0.5) is 5.69 Å². The van der Waals surface area contributed by atoms with Gasteiger partial charge in [-0.15, -0.1) is 0 Å². The fraction of sp³-hybridized carbons (Fsp3) is 0.500. The van der Waals surface area contributed by atoms with Gasteiger partial charge in [-0.05, 0) is 19.1 Å². The molecule has 1 saturated heterocycles. The number of ether oxygens (including phenoxy) is 1. The Morgan fingerprint density at radius 1 is 1.36 bits per heavy atom. The van der Waals surface area contributed by atoms with Crippen molar-refractivity contribution < 1.29 is 14.1 Å². The summed E-state index contributed by atoms with van der Waals surface area (Å²) in [4.78, 5) is 21.1. The van der Waals surface area contributed by atoms with Gasteiger partial charge in [-0.25, -0.2) is 0 Å². The number of carbonyl (C=O) groups excluding carboxylic acids is 1. The van der Waals surface area contributed by atoms with Gasteiger partial charge in [0, 0.05) is 44.5 Å². The Labute approximate surface area is 147 Å². The highest BCUT2D eigenvalue weighted by Gasteiger charge is 2.29. The Bertz CT molecular complexity index is 757. The number of hydrogen-bond donors (Lipinski definition) is 0. The van der Waals surface area contributed by atoms with Gasteiger partial charge in [0.15, 0.2) is 5.69 Å². The topological polar surface area (TPSA) is 71.7 Å². The van der Waals surface area contributed by atoms with Gasteiger partial charge in [-0.1, -0.05) is 12.1 Å². The van der Waals surface area contributed by atoms with Gasteiger partial charge in [-0.2, -0.15) is 0 Å². The smallest absolute Gasteiger partial charge is 0.276 e. The zero-order valence-corrected chi connectivity index (χ0v) is 15.2. The van der Waals surface area contributed by atoms with Crippen molar-refractivity contribution in [3.05, 3.63) is 41.0 Å². The van der Waals surface area contributed by atoms with Crippen molar-refractivity contribution in [2.45, 2.75) is 26.4 Å². The van der Waals surface area contributed by atoms with E-state index in [4.69, 9.17) is 9.26 Å². The first-order valence-electron chi connectivity index (χ1n) is 8.50. The van der Waals surface area contributed by atoms with Crippen molar-refractivity contribution in [1.29, 1.82) is 0 Å². The molecule has 3 rings (SSSR count). The third-order valence-corrected chi connectivity index (χ3v) is 4.28. The summed E-state index contributed by atoms with van der Waals surface area (Å²) in [6.07, 6.45) is 0.473. The van der Waals surface area contributed by atoms with E-state index in [0.29, 0.717) is 37.6 Å². The summed E-state index contributed by atoms with van der Waals surface area (Å²) >= 11 is 0. The van der Waals surface area contributed by atoms with E-state index in [1.165, 1.54) is 0 Å². The molecule has 0 aromatic carbocycles. The number of aryl methyl sites for hydroxylation is 2. The van der Waals surface area contributed by atoms with E-state index in [9.17, 15) is 4.79 Å². The molecule has 1 amide bonds. The molecule has 0 aliphatic carbocycles. The van der Waals surface area contributed by atoms with Gasteiger partial charge in [0.2, 0.25) is 0 Å². The Kier molecular flexibility index (Phi) is 5.03. The lowest BCUT2D eigenvalue weighted by atomic mass is 10.1. The zero-order valence-electron chi connectivity index (χ0n) is 15.2.